The fraction of sp³-hybridized carbons (Fsp3) is 0.417. The molecule has 0 spiro atoms. The van der Waals surface area contributed by atoms with Crippen molar-refractivity contribution in [2.75, 3.05) is 10.1 Å². The molecular weight excluding hydrogens is 254 g/mol. The molecule has 1 aromatic carbocycles. The van der Waals surface area contributed by atoms with Gasteiger partial charge < -0.3 is 5.11 Å². The van der Waals surface area contributed by atoms with Crippen LogP contribution in [0.3, 0.4) is 0 Å². The predicted molar refractivity (Wildman–Crippen MR) is 68.1 cm³/mol. The van der Waals surface area contributed by atoms with Gasteiger partial charge in [0, 0.05) is 6.42 Å². The van der Waals surface area contributed by atoms with E-state index in [4.69, 9.17) is 0 Å². The number of carboxylic acid groups (broad SMARTS) is 1. The van der Waals surface area contributed by atoms with Gasteiger partial charge in [-0.2, -0.15) is 0 Å². The molecule has 1 N–H and O–H groups in total. The summed E-state index contributed by atoms with van der Waals surface area (Å²) < 4.78 is 25.4. The molecule has 0 bridgehead atoms. The summed E-state index contributed by atoms with van der Waals surface area (Å²) >= 11 is 0. The van der Waals surface area contributed by atoms with Crippen LogP contribution < -0.4 is 4.31 Å². The minimum absolute atomic E-state index is 0.0366. The van der Waals surface area contributed by atoms with Gasteiger partial charge in [0.1, 0.15) is 6.04 Å². The van der Waals surface area contributed by atoms with Gasteiger partial charge in [-0.3, -0.25) is 4.31 Å². The Morgan fingerprint density at radius 1 is 1.44 bits per heavy atom. The van der Waals surface area contributed by atoms with Gasteiger partial charge in [-0.25, -0.2) is 13.2 Å². The fourth-order valence-corrected chi connectivity index (χ4v) is 3.99. The van der Waals surface area contributed by atoms with E-state index in [0.29, 0.717) is 12.1 Å². The van der Waals surface area contributed by atoms with Crippen molar-refractivity contribution in [1.29, 1.82) is 0 Å². The number of carbonyl (C=O) groups is 1. The average Bonchev–Trinajstić information content (AvgIpc) is 2.68. The lowest BCUT2D eigenvalue weighted by atomic mass is 10.1. The molecule has 6 heteroatoms. The van der Waals surface area contributed by atoms with Gasteiger partial charge in [0.25, 0.3) is 0 Å². The second kappa shape index (κ2) is 4.61. The zero-order chi connectivity index (χ0) is 13.3. The summed E-state index contributed by atoms with van der Waals surface area (Å²) in [5.74, 6) is -1.14. The van der Waals surface area contributed by atoms with Gasteiger partial charge in [-0.1, -0.05) is 25.1 Å². The van der Waals surface area contributed by atoms with Crippen LogP contribution in [-0.4, -0.2) is 31.3 Å². The molecule has 0 saturated heterocycles. The second-order valence-corrected chi connectivity index (χ2v) is 6.26. The molecule has 2 rings (SSSR count). The fourth-order valence-electron chi connectivity index (χ4n) is 2.25. The number of fused-ring (bicyclic) bond motifs is 1. The normalized spacial score (nSPS) is 18.7. The molecule has 98 valence electrons. The first-order valence-electron chi connectivity index (χ1n) is 5.80. The van der Waals surface area contributed by atoms with E-state index in [-0.39, 0.29) is 12.2 Å². The number of nitrogens with zero attached hydrogens (tertiary/aromatic N) is 1. The number of para-hydroxylation sites is 1. The molecule has 0 fully saturated rings. The van der Waals surface area contributed by atoms with Gasteiger partial charge in [0.05, 0.1) is 11.4 Å². The Morgan fingerprint density at radius 3 is 2.72 bits per heavy atom. The zero-order valence-corrected chi connectivity index (χ0v) is 10.9. The van der Waals surface area contributed by atoms with Gasteiger partial charge in [-0.05, 0) is 18.1 Å². The lowest BCUT2D eigenvalue weighted by molar-refractivity contribution is -0.138. The topological polar surface area (TPSA) is 74.7 Å². The van der Waals surface area contributed by atoms with Crippen LogP contribution in [0.5, 0.6) is 0 Å². The minimum atomic E-state index is -3.57. The van der Waals surface area contributed by atoms with E-state index in [1.165, 1.54) is 0 Å². The Balaban J connectivity index is 2.50. The minimum Gasteiger partial charge on any atom is -0.480 e. The standard InChI is InChI=1S/C12H15NO4S/c1-2-7-18(16,17)13-10-6-4-3-5-9(10)8-11(13)12(14)15/h3-6,11H,2,7-8H2,1H3,(H,14,15). The first-order valence-corrected chi connectivity index (χ1v) is 7.41. The highest BCUT2D eigenvalue weighted by molar-refractivity contribution is 7.92. The number of carboxylic acids is 1. The van der Waals surface area contributed by atoms with Crippen molar-refractivity contribution < 1.29 is 18.3 Å². The Kier molecular flexibility index (Phi) is 3.30. The van der Waals surface area contributed by atoms with Crippen molar-refractivity contribution in [3.05, 3.63) is 29.8 Å². The number of sulfonamides is 1. The van der Waals surface area contributed by atoms with Crippen molar-refractivity contribution in [3.63, 3.8) is 0 Å². The van der Waals surface area contributed by atoms with Gasteiger partial charge in [-0.15, -0.1) is 0 Å². The van der Waals surface area contributed by atoms with Crippen LogP contribution in [-0.2, 0) is 21.2 Å². The Labute approximate surface area is 106 Å². The third-order valence-corrected chi connectivity index (χ3v) is 4.95. The highest BCUT2D eigenvalue weighted by atomic mass is 32.2. The molecule has 1 atom stereocenters. The zero-order valence-electron chi connectivity index (χ0n) is 10.0. The number of anilines is 1. The van der Waals surface area contributed by atoms with Crippen LogP contribution in [0.2, 0.25) is 0 Å². The summed E-state index contributed by atoms with van der Waals surface area (Å²) in [4.78, 5) is 11.2. The van der Waals surface area contributed by atoms with E-state index in [0.717, 1.165) is 9.87 Å². The molecular formula is C12H15NO4S. The number of hydrogen-bond acceptors (Lipinski definition) is 3. The monoisotopic (exact) mass is 269 g/mol. The molecule has 0 amide bonds. The lowest BCUT2D eigenvalue weighted by Crippen LogP contribution is -2.43. The maximum absolute atomic E-state index is 12.2. The molecule has 0 aromatic heterocycles. The van der Waals surface area contributed by atoms with E-state index < -0.39 is 22.0 Å². The lowest BCUT2D eigenvalue weighted by Gasteiger charge is -2.23. The molecule has 0 radical (unpaired) electrons. The van der Waals surface area contributed by atoms with E-state index >= 15 is 0 Å². The Hall–Kier alpha value is -1.56. The van der Waals surface area contributed by atoms with Crippen LogP contribution in [0.25, 0.3) is 0 Å². The van der Waals surface area contributed by atoms with E-state index in [1.54, 1.807) is 31.2 Å². The average molecular weight is 269 g/mol. The summed E-state index contributed by atoms with van der Waals surface area (Å²) in [5.41, 5.74) is 1.27. The van der Waals surface area contributed by atoms with Crippen molar-refractivity contribution in [3.8, 4) is 0 Å². The first kappa shape index (κ1) is 12.9. The Morgan fingerprint density at radius 2 is 2.11 bits per heavy atom. The van der Waals surface area contributed by atoms with Gasteiger partial charge in [0.15, 0.2) is 0 Å². The summed E-state index contributed by atoms with van der Waals surface area (Å²) in [6, 6.07) is 5.92. The van der Waals surface area contributed by atoms with Gasteiger partial charge >= 0.3 is 5.97 Å². The third kappa shape index (κ3) is 2.08. The molecule has 1 aliphatic heterocycles. The molecule has 0 saturated carbocycles. The van der Waals surface area contributed by atoms with Crippen LogP contribution in [0.15, 0.2) is 24.3 Å². The smallest absolute Gasteiger partial charge is 0.327 e. The van der Waals surface area contributed by atoms with Crippen molar-refractivity contribution in [1.82, 2.24) is 0 Å². The van der Waals surface area contributed by atoms with Crippen LogP contribution in [0.4, 0.5) is 5.69 Å². The maximum Gasteiger partial charge on any atom is 0.327 e. The van der Waals surface area contributed by atoms with E-state index in [1.807, 2.05) is 0 Å². The molecule has 1 unspecified atom stereocenters. The quantitative estimate of drug-likeness (QED) is 0.892. The second-order valence-electron chi connectivity index (χ2n) is 4.30. The SMILES string of the molecule is CCCS(=O)(=O)N1c2ccccc2CC1C(=O)O. The molecule has 1 heterocycles. The van der Waals surface area contributed by atoms with Crippen LogP contribution in [0.1, 0.15) is 18.9 Å². The highest BCUT2D eigenvalue weighted by Crippen LogP contribution is 2.34. The summed E-state index contributed by atoms with van der Waals surface area (Å²) in [6.45, 7) is 1.76. The molecule has 1 aliphatic rings. The van der Waals surface area contributed by atoms with E-state index in [9.17, 15) is 18.3 Å². The van der Waals surface area contributed by atoms with Crippen molar-refractivity contribution in [2.24, 2.45) is 0 Å². The van der Waals surface area contributed by atoms with Crippen molar-refractivity contribution >= 4 is 21.7 Å². The third-order valence-electron chi connectivity index (χ3n) is 2.97. The van der Waals surface area contributed by atoms with Crippen LogP contribution in [0, 0.1) is 0 Å². The molecule has 5 nitrogen and oxygen atoms in total. The first-order chi connectivity index (χ1) is 8.47. The summed E-state index contributed by atoms with van der Waals surface area (Å²) in [5, 5.41) is 9.18. The summed E-state index contributed by atoms with van der Waals surface area (Å²) in [7, 11) is -3.57. The van der Waals surface area contributed by atoms with Crippen LogP contribution >= 0.6 is 0 Å². The number of hydrogen-bond donors (Lipinski definition) is 1. The largest absolute Gasteiger partial charge is 0.480 e. The van der Waals surface area contributed by atoms with Gasteiger partial charge in [0.2, 0.25) is 10.0 Å². The number of benzene rings is 1. The highest BCUT2D eigenvalue weighted by Gasteiger charge is 2.40. The maximum atomic E-state index is 12.2. The molecule has 18 heavy (non-hydrogen) atoms. The molecule has 0 aliphatic carbocycles. The summed E-state index contributed by atoms with van der Waals surface area (Å²) in [6.07, 6.45) is 0.696. The number of rotatable bonds is 4. The van der Waals surface area contributed by atoms with Crippen molar-refractivity contribution in [2.45, 2.75) is 25.8 Å². The van der Waals surface area contributed by atoms with E-state index in [2.05, 4.69) is 0 Å². The predicted octanol–water partition coefficient (Wildman–Crippen LogP) is 1.24. The Bertz CT molecular complexity index is 567. The number of aliphatic carboxylic acids is 1. The molecule has 1 aromatic rings.